The van der Waals surface area contributed by atoms with Gasteiger partial charge in [0.05, 0.1) is 10.5 Å². The first kappa shape index (κ1) is 18.0. The first-order valence-electron chi connectivity index (χ1n) is 6.44. The van der Waals surface area contributed by atoms with E-state index in [9.17, 15) is 13.2 Å². The van der Waals surface area contributed by atoms with Gasteiger partial charge in [0.15, 0.2) is 0 Å². The molecule has 0 bridgehead atoms. The molecule has 0 saturated carbocycles. The third-order valence-electron chi connectivity index (χ3n) is 3.44. The second kappa shape index (κ2) is 6.81. The topological polar surface area (TPSA) is 74.7 Å². The van der Waals surface area contributed by atoms with Crippen molar-refractivity contribution in [1.82, 2.24) is 4.31 Å². The Labute approximate surface area is 130 Å². The molecule has 0 aliphatic rings. The molecule has 0 aliphatic carbocycles. The number of rotatable bonds is 6. The summed E-state index contributed by atoms with van der Waals surface area (Å²) in [6.07, 6.45) is 1.91. The predicted octanol–water partition coefficient (Wildman–Crippen LogP) is 2.37. The summed E-state index contributed by atoms with van der Waals surface area (Å²) < 4.78 is 26.7. The lowest BCUT2D eigenvalue weighted by Crippen LogP contribution is -2.37. The van der Waals surface area contributed by atoms with E-state index >= 15 is 0 Å². The minimum absolute atomic E-state index is 0.0186. The zero-order chi connectivity index (χ0) is 16.4. The van der Waals surface area contributed by atoms with Crippen LogP contribution in [0.15, 0.2) is 17.0 Å². The van der Waals surface area contributed by atoms with E-state index in [2.05, 4.69) is 0 Å². The van der Waals surface area contributed by atoms with Gasteiger partial charge in [0, 0.05) is 18.8 Å². The van der Waals surface area contributed by atoms with E-state index < -0.39 is 16.0 Å². The van der Waals surface area contributed by atoms with Gasteiger partial charge >= 0.3 is 5.97 Å². The Balaban J connectivity index is 3.38. The molecule has 0 amide bonds. The molecule has 1 rings (SSSR count). The summed E-state index contributed by atoms with van der Waals surface area (Å²) in [5, 5.41) is 9.17. The molecular weight excluding hydrogens is 310 g/mol. The second-order valence-corrected chi connectivity index (χ2v) is 7.94. The highest BCUT2D eigenvalue weighted by molar-refractivity contribution is 7.98. The first-order valence-corrected chi connectivity index (χ1v) is 9.27. The van der Waals surface area contributed by atoms with Crippen molar-refractivity contribution in [1.29, 1.82) is 0 Å². The molecule has 0 spiro atoms. The number of aryl methyl sites for hydroxylation is 2. The van der Waals surface area contributed by atoms with Gasteiger partial charge in [-0.25, -0.2) is 13.2 Å². The van der Waals surface area contributed by atoms with Crippen LogP contribution < -0.4 is 0 Å². The second-order valence-electron chi connectivity index (χ2n) is 5.06. The van der Waals surface area contributed by atoms with Crippen molar-refractivity contribution in [2.45, 2.75) is 31.7 Å². The first-order chi connectivity index (χ1) is 9.62. The Morgan fingerprint density at radius 2 is 1.90 bits per heavy atom. The smallest absolute Gasteiger partial charge is 0.335 e. The fourth-order valence-electron chi connectivity index (χ4n) is 2.08. The number of thioether (sulfide) groups is 1. The van der Waals surface area contributed by atoms with Gasteiger partial charge in [0.25, 0.3) is 0 Å². The van der Waals surface area contributed by atoms with Gasteiger partial charge in [0.1, 0.15) is 0 Å². The molecule has 0 aromatic heterocycles. The average molecular weight is 331 g/mol. The molecule has 5 nitrogen and oxygen atoms in total. The summed E-state index contributed by atoms with van der Waals surface area (Å²) in [5.41, 5.74) is 1.13. The summed E-state index contributed by atoms with van der Waals surface area (Å²) in [4.78, 5) is 11.3. The van der Waals surface area contributed by atoms with E-state index in [0.29, 0.717) is 16.9 Å². The lowest BCUT2D eigenvalue weighted by molar-refractivity contribution is 0.0696. The van der Waals surface area contributed by atoms with E-state index in [-0.39, 0.29) is 16.5 Å². The van der Waals surface area contributed by atoms with Crippen LogP contribution in [0.2, 0.25) is 0 Å². The molecule has 1 aromatic rings. The quantitative estimate of drug-likeness (QED) is 0.866. The van der Waals surface area contributed by atoms with Crippen molar-refractivity contribution in [3.63, 3.8) is 0 Å². The van der Waals surface area contributed by atoms with E-state index in [4.69, 9.17) is 5.11 Å². The number of nitrogens with zero attached hydrogens (tertiary/aromatic N) is 1. The van der Waals surface area contributed by atoms with Crippen molar-refractivity contribution in [3.8, 4) is 0 Å². The normalized spacial score (nSPS) is 13.4. The monoisotopic (exact) mass is 331 g/mol. The Bertz CT molecular complexity index is 641. The van der Waals surface area contributed by atoms with Gasteiger partial charge in [0.2, 0.25) is 10.0 Å². The predicted molar refractivity (Wildman–Crippen MR) is 85.7 cm³/mol. The van der Waals surface area contributed by atoms with Gasteiger partial charge in [-0.1, -0.05) is 6.07 Å². The lowest BCUT2D eigenvalue weighted by atomic mass is 10.1. The highest BCUT2D eigenvalue weighted by Crippen LogP contribution is 2.25. The Morgan fingerprint density at radius 3 is 2.38 bits per heavy atom. The van der Waals surface area contributed by atoms with Crippen LogP contribution in [-0.4, -0.2) is 48.9 Å². The summed E-state index contributed by atoms with van der Waals surface area (Å²) in [5.74, 6) is -0.448. The molecule has 1 atom stereocenters. The Morgan fingerprint density at radius 1 is 1.33 bits per heavy atom. The summed E-state index contributed by atoms with van der Waals surface area (Å²) in [7, 11) is -2.18. The number of hydrogen-bond donors (Lipinski definition) is 1. The number of carboxylic acid groups (broad SMARTS) is 1. The molecule has 0 fully saturated rings. The van der Waals surface area contributed by atoms with Crippen LogP contribution in [0.3, 0.4) is 0 Å². The molecular formula is C14H21NO4S2. The van der Waals surface area contributed by atoms with Crippen LogP contribution in [-0.2, 0) is 10.0 Å². The molecule has 0 aliphatic heterocycles. The molecule has 0 heterocycles. The lowest BCUT2D eigenvalue weighted by Gasteiger charge is -2.25. The molecule has 1 unspecified atom stereocenters. The summed E-state index contributed by atoms with van der Waals surface area (Å²) in [6.45, 7) is 5.17. The van der Waals surface area contributed by atoms with Gasteiger partial charge < -0.3 is 5.11 Å². The molecule has 1 N–H and O–H groups in total. The van der Waals surface area contributed by atoms with Crippen LogP contribution in [0.25, 0.3) is 0 Å². The van der Waals surface area contributed by atoms with E-state index in [1.54, 1.807) is 31.7 Å². The van der Waals surface area contributed by atoms with Gasteiger partial charge in [-0.3, -0.25) is 0 Å². The van der Waals surface area contributed by atoms with Crippen LogP contribution >= 0.6 is 11.8 Å². The molecule has 1 aromatic carbocycles. The Kier molecular flexibility index (Phi) is 5.83. The molecule has 7 heteroatoms. The number of carboxylic acids is 1. The van der Waals surface area contributed by atoms with Crippen LogP contribution in [0.1, 0.15) is 28.4 Å². The highest BCUT2D eigenvalue weighted by atomic mass is 32.2. The molecule has 0 radical (unpaired) electrons. The minimum atomic E-state index is -3.71. The van der Waals surface area contributed by atoms with Crippen molar-refractivity contribution < 1.29 is 18.3 Å². The van der Waals surface area contributed by atoms with E-state index in [1.807, 2.05) is 13.2 Å². The van der Waals surface area contributed by atoms with Crippen molar-refractivity contribution in [3.05, 3.63) is 28.8 Å². The van der Waals surface area contributed by atoms with Gasteiger partial charge in [-0.15, -0.1) is 0 Å². The molecule has 0 saturated heterocycles. The maximum absolute atomic E-state index is 12.7. The maximum Gasteiger partial charge on any atom is 0.335 e. The summed E-state index contributed by atoms with van der Waals surface area (Å²) >= 11 is 1.56. The van der Waals surface area contributed by atoms with E-state index in [1.165, 1.54) is 17.4 Å². The number of benzene rings is 1. The average Bonchev–Trinajstić information content (AvgIpc) is 2.37. The third-order valence-corrected chi connectivity index (χ3v) is 6.37. The summed E-state index contributed by atoms with van der Waals surface area (Å²) in [6, 6.07) is 2.69. The van der Waals surface area contributed by atoms with Crippen molar-refractivity contribution >= 4 is 27.8 Å². The third kappa shape index (κ3) is 3.78. The largest absolute Gasteiger partial charge is 0.478 e. The Hall–Kier alpha value is -1.05. The fraction of sp³-hybridized carbons (Fsp3) is 0.500. The fourth-order valence-corrected chi connectivity index (χ4v) is 4.47. The minimum Gasteiger partial charge on any atom is -0.478 e. The number of sulfonamides is 1. The zero-order valence-corrected chi connectivity index (χ0v) is 14.5. The van der Waals surface area contributed by atoms with Gasteiger partial charge in [-0.2, -0.15) is 16.1 Å². The highest BCUT2D eigenvalue weighted by Gasteiger charge is 2.28. The molecule has 21 heavy (non-hydrogen) atoms. The number of carbonyl (C=O) groups is 1. The van der Waals surface area contributed by atoms with Crippen LogP contribution in [0.4, 0.5) is 0 Å². The number of aromatic carboxylic acids is 1. The van der Waals surface area contributed by atoms with Crippen molar-refractivity contribution in [2.24, 2.45) is 0 Å². The maximum atomic E-state index is 12.7. The zero-order valence-electron chi connectivity index (χ0n) is 12.9. The van der Waals surface area contributed by atoms with Crippen LogP contribution in [0.5, 0.6) is 0 Å². The SMILES string of the molecule is CSCC(C)N(C)S(=O)(=O)c1cc(C(=O)O)c(C)cc1C. The standard InChI is InChI=1S/C14H21NO4S2/c1-9-6-10(2)13(7-12(9)14(16)17)21(18,19)15(4)11(3)8-20-5/h6-7,11H,8H2,1-5H3,(H,16,17). The van der Waals surface area contributed by atoms with Crippen LogP contribution in [0, 0.1) is 13.8 Å². The number of hydrogen-bond acceptors (Lipinski definition) is 4. The van der Waals surface area contributed by atoms with Gasteiger partial charge in [-0.05, 0) is 44.2 Å². The molecule has 118 valence electrons. The van der Waals surface area contributed by atoms with E-state index in [0.717, 1.165) is 0 Å². The van der Waals surface area contributed by atoms with Crippen molar-refractivity contribution in [2.75, 3.05) is 19.1 Å².